The van der Waals surface area contributed by atoms with E-state index in [1.165, 1.54) is 0 Å². The Hall–Kier alpha value is -2.44. The number of likely N-dealkylation sites (tertiary alicyclic amines) is 1. The number of carbonyl (C=O) groups is 2. The number of nitrogens with zero attached hydrogens (tertiary/aromatic N) is 5. The van der Waals surface area contributed by atoms with E-state index in [2.05, 4.69) is 16.9 Å². The van der Waals surface area contributed by atoms with Crippen LogP contribution in [0.2, 0.25) is 0 Å². The van der Waals surface area contributed by atoms with E-state index >= 15 is 0 Å². The first kappa shape index (κ1) is 18.4. The zero-order valence-electron chi connectivity index (χ0n) is 15.8. The molecule has 7 nitrogen and oxygen atoms in total. The summed E-state index contributed by atoms with van der Waals surface area (Å²) in [6, 6.07) is 2.00. The van der Waals surface area contributed by atoms with Gasteiger partial charge in [-0.15, -0.1) is 0 Å². The van der Waals surface area contributed by atoms with Crippen molar-refractivity contribution in [2.24, 2.45) is 0 Å². The third-order valence-corrected chi connectivity index (χ3v) is 5.22. The lowest BCUT2D eigenvalue weighted by atomic mass is 9.93. The molecule has 7 heteroatoms. The minimum atomic E-state index is -0.0861. The van der Waals surface area contributed by atoms with Gasteiger partial charge in [-0.2, -0.15) is 0 Å². The molecule has 1 aliphatic heterocycles. The van der Waals surface area contributed by atoms with Crippen LogP contribution in [-0.2, 0) is 4.79 Å². The van der Waals surface area contributed by atoms with Crippen molar-refractivity contribution < 1.29 is 9.59 Å². The molecule has 2 amide bonds. The SMILES string of the molecule is CCCCN(C)C(=O)c1ncn2c(C3CCN(C(C)=O)CC3)ccnc12. The van der Waals surface area contributed by atoms with Crippen LogP contribution < -0.4 is 0 Å². The quantitative estimate of drug-likeness (QED) is 0.823. The average Bonchev–Trinajstić information content (AvgIpc) is 3.09. The molecule has 1 fully saturated rings. The Morgan fingerprint density at radius 1 is 1.27 bits per heavy atom. The molecule has 0 aliphatic carbocycles. The summed E-state index contributed by atoms with van der Waals surface area (Å²) in [4.78, 5) is 36.6. The van der Waals surface area contributed by atoms with Crippen LogP contribution in [0.25, 0.3) is 5.65 Å². The van der Waals surface area contributed by atoms with Gasteiger partial charge in [0.15, 0.2) is 11.3 Å². The Labute approximate surface area is 154 Å². The van der Waals surface area contributed by atoms with E-state index < -0.39 is 0 Å². The second-order valence-electron chi connectivity index (χ2n) is 7.02. The highest BCUT2D eigenvalue weighted by atomic mass is 16.2. The van der Waals surface area contributed by atoms with Gasteiger partial charge in [0.2, 0.25) is 5.91 Å². The first-order valence-corrected chi connectivity index (χ1v) is 9.35. The summed E-state index contributed by atoms with van der Waals surface area (Å²) < 4.78 is 1.94. The number of unbranched alkanes of at least 4 members (excludes halogenated alkanes) is 1. The Morgan fingerprint density at radius 3 is 2.65 bits per heavy atom. The van der Waals surface area contributed by atoms with Crippen LogP contribution in [-0.4, -0.2) is 62.7 Å². The number of aromatic nitrogens is 3. The largest absolute Gasteiger partial charge is 0.343 e. The van der Waals surface area contributed by atoms with Crippen molar-refractivity contribution in [2.45, 2.75) is 45.4 Å². The van der Waals surface area contributed by atoms with E-state index in [0.29, 0.717) is 17.3 Å². The van der Waals surface area contributed by atoms with Crippen molar-refractivity contribution in [3.63, 3.8) is 0 Å². The molecule has 3 heterocycles. The van der Waals surface area contributed by atoms with E-state index in [4.69, 9.17) is 0 Å². The lowest BCUT2D eigenvalue weighted by Gasteiger charge is -2.31. The van der Waals surface area contributed by atoms with Crippen LogP contribution in [0, 0.1) is 0 Å². The van der Waals surface area contributed by atoms with Crippen LogP contribution in [0.15, 0.2) is 18.6 Å². The lowest BCUT2D eigenvalue weighted by Crippen LogP contribution is -2.36. The molecule has 0 unspecified atom stereocenters. The molecule has 140 valence electrons. The van der Waals surface area contributed by atoms with Crippen LogP contribution in [0.3, 0.4) is 0 Å². The molecule has 26 heavy (non-hydrogen) atoms. The van der Waals surface area contributed by atoms with Gasteiger partial charge in [0, 0.05) is 51.4 Å². The van der Waals surface area contributed by atoms with Gasteiger partial charge in [0.25, 0.3) is 5.91 Å². The van der Waals surface area contributed by atoms with Crippen molar-refractivity contribution in [2.75, 3.05) is 26.7 Å². The molecule has 1 saturated heterocycles. The van der Waals surface area contributed by atoms with Crippen LogP contribution in [0.1, 0.15) is 61.6 Å². The van der Waals surface area contributed by atoms with Crippen molar-refractivity contribution in [1.82, 2.24) is 24.2 Å². The van der Waals surface area contributed by atoms with Gasteiger partial charge in [-0.05, 0) is 25.3 Å². The van der Waals surface area contributed by atoms with E-state index in [1.807, 2.05) is 22.4 Å². The Balaban J connectivity index is 1.83. The number of fused-ring (bicyclic) bond motifs is 1. The van der Waals surface area contributed by atoms with Gasteiger partial charge in [-0.25, -0.2) is 9.97 Å². The van der Waals surface area contributed by atoms with Gasteiger partial charge < -0.3 is 9.80 Å². The number of imidazole rings is 1. The molecule has 0 radical (unpaired) electrons. The summed E-state index contributed by atoms with van der Waals surface area (Å²) in [5.41, 5.74) is 2.14. The van der Waals surface area contributed by atoms with E-state index in [0.717, 1.165) is 51.0 Å². The zero-order valence-corrected chi connectivity index (χ0v) is 15.8. The highest BCUT2D eigenvalue weighted by Crippen LogP contribution is 2.28. The maximum atomic E-state index is 12.7. The minimum Gasteiger partial charge on any atom is -0.343 e. The molecule has 0 bridgehead atoms. The molecule has 1 aliphatic rings. The summed E-state index contributed by atoms with van der Waals surface area (Å²) in [7, 11) is 1.81. The van der Waals surface area contributed by atoms with Gasteiger partial charge >= 0.3 is 0 Å². The molecule has 0 atom stereocenters. The molecule has 2 aromatic rings. The molecular formula is C19H27N5O2. The zero-order chi connectivity index (χ0) is 18.7. The molecule has 0 N–H and O–H groups in total. The highest BCUT2D eigenvalue weighted by molar-refractivity contribution is 5.97. The first-order chi connectivity index (χ1) is 12.5. The summed E-state index contributed by atoms with van der Waals surface area (Å²) in [5.74, 6) is 0.386. The number of hydrogen-bond acceptors (Lipinski definition) is 4. The van der Waals surface area contributed by atoms with E-state index in [-0.39, 0.29) is 11.8 Å². The molecule has 2 aromatic heterocycles. The first-order valence-electron chi connectivity index (χ1n) is 9.35. The predicted octanol–water partition coefficient (Wildman–Crippen LogP) is 2.33. The Morgan fingerprint density at radius 2 is 2.00 bits per heavy atom. The molecule has 0 saturated carbocycles. The summed E-state index contributed by atoms with van der Waals surface area (Å²) in [6.07, 6.45) is 7.31. The molecular weight excluding hydrogens is 330 g/mol. The standard InChI is InChI=1S/C19H27N5O2/c1-4-5-10-22(3)19(26)17-18-20-9-6-16(24(18)13-21-17)15-7-11-23(12-8-15)14(2)25/h6,9,13,15H,4-5,7-8,10-12H2,1-3H3. The second kappa shape index (κ2) is 7.85. The summed E-state index contributed by atoms with van der Waals surface area (Å²) in [5, 5.41) is 0. The monoisotopic (exact) mass is 357 g/mol. The van der Waals surface area contributed by atoms with Crippen LogP contribution >= 0.6 is 0 Å². The topological polar surface area (TPSA) is 70.8 Å². The van der Waals surface area contributed by atoms with Gasteiger partial charge in [-0.1, -0.05) is 13.3 Å². The molecule has 0 spiro atoms. The van der Waals surface area contributed by atoms with Crippen molar-refractivity contribution >= 4 is 17.5 Å². The second-order valence-corrected chi connectivity index (χ2v) is 7.02. The number of carbonyl (C=O) groups excluding carboxylic acids is 2. The smallest absolute Gasteiger partial charge is 0.276 e. The third kappa shape index (κ3) is 3.57. The fraction of sp³-hybridized carbons (Fsp3) is 0.579. The minimum absolute atomic E-state index is 0.0861. The van der Waals surface area contributed by atoms with Crippen LogP contribution in [0.4, 0.5) is 0 Å². The highest BCUT2D eigenvalue weighted by Gasteiger charge is 2.25. The maximum absolute atomic E-state index is 12.7. The fourth-order valence-corrected chi connectivity index (χ4v) is 3.57. The normalized spacial score (nSPS) is 15.4. The lowest BCUT2D eigenvalue weighted by molar-refractivity contribution is -0.129. The van der Waals surface area contributed by atoms with Crippen molar-refractivity contribution in [3.05, 3.63) is 30.0 Å². The third-order valence-electron chi connectivity index (χ3n) is 5.22. The summed E-state index contributed by atoms with van der Waals surface area (Å²) in [6.45, 7) is 5.98. The van der Waals surface area contributed by atoms with E-state index in [9.17, 15) is 9.59 Å². The number of amides is 2. The van der Waals surface area contributed by atoms with Gasteiger partial charge in [-0.3, -0.25) is 14.0 Å². The van der Waals surface area contributed by atoms with Gasteiger partial charge in [0.05, 0.1) is 0 Å². The average molecular weight is 357 g/mol. The van der Waals surface area contributed by atoms with Crippen molar-refractivity contribution in [1.29, 1.82) is 0 Å². The number of hydrogen-bond donors (Lipinski definition) is 0. The fourth-order valence-electron chi connectivity index (χ4n) is 3.57. The van der Waals surface area contributed by atoms with Crippen LogP contribution in [0.5, 0.6) is 0 Å². The molecule has 3 rings (SSSR count). The number of rotatable bonds is 5. The Kier molecular flexibility index (Phi) is 5.54. The predicted molar refractivity (Wildman–Crippen MR) is 99.1 cm³/mol. The van der Waals surface area contributed by atoms with Crippen molar-refractivity contribution in [3.8, 4) is 0 Å². The van der Waals surface area contributed by atoms with Gasteiger partial charge in [0.1, 0.15) is 6.33 Å². The number of piperidine rings is 1. The summed E-state index contributed by atoms with van der Waals surface area (Å²) >= 11 is 0. The maximum Gasteiger partial charge on any atom is 0.276 e. The Bertz CT molecular complexity index is 792. The van der Waals surface area contributed by atoms with E-state index in [1.54, 1.807) is 24.3 Å². The molecule has 0 aromatic carbocycles.